The molecule has 3 aromatic rings. The van der Waals surface area contributed by atoms with Crippen LogP contribution < -0.4 is 4.90 Å². The van der Waals surface area contributed by atoms with Crippen molar-refractivity contribution in [1.29, 1.82) is 0 Å². The molecule has 32 heavy (non-hydrogen) atoms. The predicted molar refractivity (Wildman–Crippen MR) is 127 cm³/mol. The summed E-state index contributed by atoms with van der Waals surface area (Å²) in [5.74, 6) is 1.95. The van der Waals surface area contributed by atoms with Crippen LogP contribution in [0.3, 0.4) is 0 Å². The van der Waals surface area contributed by atoms with E-state index in [1.807, 2.05) is 43.7 Å². The normalized spacial score (nSPS) is 16.8. The summed E-state index contributed by atoms with van der Waals surface area (Å²) in [6.07, 6.45) is 8.91. The van der Waals surface area contributed by atoms with Crippen LogP contribution in [-0.2, 0) is 17.7 Å². The minimum atomic E-state index is 0.363. The lowest BCUT2D eigenvalue weighted by Crippen LogP contribution is -2.34. The lowest BCUT2D eigenvalue weighted by Gasteiger charge is -2.33. The average molecular weight is 433 g/mol. The van der Waals surface area contributed by atoms with Gasteiger partial charge in [0.2, 0.25) is 5.95 Å². The average Bonchev–Trinajstić information content (AvgIpc) is 2.84. The van der Waals surface area contributed by atoms with Crippen molar-refractivity contribution in [1.82, 2.24) is 24.8 Å². The van der Waals surface area contributed by atoms with Crippen LogP contribution in [-0.4, -0.2) is 65.7 Å². The van der Waals surface area contributed by atoms with Gasteiger partial charge in [-0.1, -0.05) is 30.3 Å². The van der Waals surface area contributed by atoms with Gasteiger partial charge < -0.3 is 9.64 Å². The zero-order chi connectivity index (χ0) is 22.3. The number of methoxy groups -OCH3 is 1. The smallest absolute Gasteiger partial charge is 0.225 e. The van der Waals surface area contributed by atoms with E-state index in [0.29, 0.717) is 12.5 Å². The molecule has 3 heterocycles. The summed E-state index contributed by atoms with van der Waals surface area (Å²) in [6, 6.07) is 10.5. The van der Waals surface area contributed by atoms with E-state index in [2.05, 4.69) is 44.1 Å². The molecule has 168 valence electrons. The number of aromatic nitrogens is 4. The second-order valence-electron chi connectivity index (χ2n) is 8.55. The molecule has 1 atom stereocenters. The maximum Gasteiger partial charge on any atom is 0.225 e. The highest BCUT2D eigenvalue weighted by atomic mass is 16.5. The van der Waals surface area contributed by atoms with Gasteiger partial charge in [-0.15, -0.1) is 0 Å². The van der Waals surface area contributed by atoms with Crippen LogP contribution in [0.15, 0.2) is 48.9 Å². The van der Waals surface area contributed by atoms with E-state index in [4.69, 9.17) is 9.72 Å². The van der Waals surface area contributed by atoms with Crippen molar-refractivity contribution in [3.05, 3.63) is 66.0 Å². The number of benzene rings is 1. The van der Waals surface area contributed by atoms with Gasteiger partial charge in [-0.05, 0) is 24.9 Å². The molecule has 1 aliphatic heterocycles. The van der Waals surface area contributed by atoms with Crippen LogP contribution in [0.2, 0.25) is 0 Å². The van der Waals surface area contributed by atoms with Crippen LogP contribution in [0, 0.1) is 0 Å². The van der Waals surface area contributed by atoms with Crippen molar-refractivity contribution in [2.24, 2.45) is 0 Å². The van der Waals surface area contributed by atoms with E-state index in [1.54, 1.807) is 7.11 Å². The first-order chi connectivity index (χ1) is 15.6. The SMILES string of the molecule is COCCc1ncc(CN2CCC[C@H](c3nc(N(C)C)ncc3-c3ccccc3)C2)cn1. The number of piperidine rings is 1. The summed E-state index contributed by atoms with van der Waals surface area (Å²) in [5.41, 5.74) is 4.59. The van der Waals surface area contributed by atoms with Gasteiger partial charge in [0.05, 0.1) is 12.3 Å². The Labute approximate surface area is 190 Å². The van der Waals surface area contributed by atoms with Gasteiger partial charge in [-0.25, -0.2) is 19.9 Å². The topological polar surface area (TPSA) is 67.3 Å². The molecule has 0 amide bonds. The molecule has 2 aromatic heterocycles. The van der Waals surface area contributed by atoms with E-state index in [1.165, 1.54) is 5.56 Å². The van der Waals surface area contributed by atoms with Gasteiger partial charge in [0.15, 0.2) is 0 Å². The quantitative estimate of drug-likeness (QED) is 0.539. The summed E-state index contributed by atoms with van der Waals surface area (Å²) in [4.78, 5) is 23.1. The van der Waals surface area contributed by atoms with Crippen LogP contribution in [0.5, 0.6) is 0 Å². The monoisotopic (exact) mass is 432 g/mol. The lowest BCUT2D eigenvalue weighted by atomic mass is 9.90. The van der Waals surface area contributed by atoms with Crippen molar-refractivity contribution in [2.45, 2.75) is 31.7 Å². The fraction of sp³-hybridized carbons (Fsp3) is 0.440. The number of nitrogens with zero attached hydrogens (tertiary/aromatic N) is 6. The zero-order valence-electron chi connectivity index (χ0n) is 19.2. The summed E-state index contributed by atoms with van der Waals surface area (Å²) < 4.78 is 5.11. The zero-order valence-corrected chi connectivity index (χ0v) is 19.2. The molecule has 0 spiro atoms. The van der Waals surface area contributed by atoms with Crippen LogP contribution >= 0.6 is 0 Å². The molecule has 7 heteroatoms. The molecule has 0 bridgehead atoms. The molecule has 0 N–H and O–H groups in total. The summed E-state index contributed by atoms with van der Waals surface area (Å²) in [6.45, 7) is 3.54. The fourth-order valence-electron chi connectivity index (χ4n) is 4.22. The van der Waals surface area contributed by atoms with E-state index in [0.717, 1.165) is 67.5 Å². The van der Waals surface area contributed by atoms with E-state index < -0.39 is 0 Å². The first-order valence-corrected chi connectivity index (χ1v) is 11.2. The van der Waals surface area contributed by atoms with Crippen molar-refractivity contribution in [2.75, 3.05) is 45.8 Å². The van der Waals surface area contributed by atoms with Gasteiger partial charge in [0.25, 0.3) is 0 Å². The first kappa shape index (κ1) is 22.3. The number of anilines is 1. The van der Waals surface area contributed by atoms with Crippen molar-refractivity contribution >= 4 is 5.95 Å². The lowest BCUT2D eigenvalue weighted by molar-refractivity contribution is 0.197. The van der Waals surface area contributed by atoms with Crippen molar-refractivity contribution in [3.8, 4) is 11.1 Å². The highest BCUT2D eigenvalue weighted by Crippen LogP contribution is 2.34. The molecular formula is C25H32N6O. The molecule has 1 aliphatic rings. The Morgan fingerprint density at radius 1 is 1.06 bits per heavy atom. The van der Waals surface area contributed by atoms with Crippen molar-refractivity contribution < 1.29 is 4.74 Å². The van der Waals surface area contributed by atoms with Gasteiger partial charge in [-0.3, -0.25) is 4.90 Å². The highest BCUT2D eigenvalue weighted by molar-refractivity contribution is 5.66. The van der Waals surface area contributed by atoms with Crippen LogP contribution in [0.4, 0.5) is 5.95 Å². The largest absolute Gasteiger partial charge is 0.384 e. The molecule has 0 radical (unpaired) electrons. The molecule has 1 fully saturated rings. The van der Waals surface area contributed by atoms with Gasteiger partial charge in [0, 0.05) is 76.4 Å². The van der Waals surface area contributed by atoms with Gasteiger partial charge in [-0.2, -0.15) is 0 Å². The van der Waals surface area contributed by atoms with E-state index in [-0.39, 0.29) is 0 Å². The number of likely N-dealkylation sites (tertiary alicyclic amines) is 1. The highest BCUT2D eigenvalue weighted by Gasteiger charge is 2.26. The van der Waals surface area contributed by atoms with E-state index >= 15 is 0 Å². The molecule has 1 saturated heterocycles. The van der Waals surface area contributed by atoms with Crippen LogP contribution in [0.1, 0.15) is 35.8 Å². The van der Waals surface area contributed by atoms with Crippen molar-refractivity contribution in [3.63, 3.8) is 0 Å². The standard InChI is InChI=1S/C25H32N6O/c1-30(2)25-28-16-22(20-8-5-4-6-9-20)24(29-25)21-10-7-12-31(18-21)17-19-14-26-23(27-15-19)11-13-32-3/h4-6,8-9,14-16,21H,7,10-13,17-18H2,1-3H3/t21-/m0/s1. The number of hydrogen-bond acceptors (Lipinski definition) is 7. The minimum absolute atomic E-state index is 0.363. The Balaban J connectivity index is 1.53. The Kier molecular flexibility index (Phi) is 7.39. The molecular weight excluding hydrogens is 400 g/mol. The third-order valence-corrected chi connectivity index (χ3v) is 5.88. The van der Waals surface area contributed by atoms with Crippen LogP contribution in [0.25, 0.3) is 11.1 Å². The Hall–Kier alpha value is -2.90. The third kappa shape index (κ3) is 5.47. The summed E-state index contributed by atoms with van der Waals surface area (Å²) in [7, 11) is 5.68. The molecule has 0 aliphatic carbocycles. The Morgan fingerprint density at radius 3 is 2.56 bits per heavy atom. The third-order valence-electron chi connectivity index (χ3n) is 5.88. The Morgan fingerprint density at radius 2 is 1.84 bits per heavy atom. The maximum atomic E-state index is 5.11. The first-order valence-electron chi connectivity index (χ1n) is 11.2. The fourth-order valence-corrected chi connectivity index (χ4v) is 4.22. The second-order valence-corrected chi connectivity index (χ2v) is 8.55. The molecule has 0 unspecified atom stereocenters. The maximum absolute atomic E-state index is 5.11. The second kappa shape index (κ2) is 10.6. The number of ether oxygens (including phenoxy) is 1. The minimum Gasteiger partial charge on any atom is -0.384 e. The number of rotatable bonds is 8. The van der Waals surface area contributed by atoms with E-state index in [9.17, 15) is 0 Å². The molecule has 1 aromatic carbocycles. The predicted octanol–water partition coefficient (Wildman–Crippen LogP) is 3.57. The summed E-state index contributed by atoms with van der Waals surface area (Å²) in [5, 5.41) is 0. The molecule has 7 nitrogen and oxygen atoms in total. The summed E-state index contributed by atoms with van der Waals surface area (Å²) >= 11 is 0. The van der Waals surface area contributed by atoms with Gasteiger partial charge >= 0.3 is 0 Å². The Bertz CT molecular complexity index is 993. The number of hydrogen-bond donors (Lipinski definition) is 0. The molecule has 0 saturated carbocycles. The molecule has 4 rings (SSSR count). The van der Waals surface area contributed by atoms with Gasteiger partial charge in [0.1, 0.15) is 5.82 Å².